The van der Waals surface area contributed by atoms with Crippen LogP contribution in [0.4, 0.5) is 5.13 Å². The Labute approximate surface area is 87.5 Å². The number of thiazole rings is 1. The minimum absolute atomic E-state index is 0.0900. The van der Waals surface area contributed by atoms with Gasteiger partial charge in [0.1, 0.15) is 5.69 Å². The molecule has 1 amide bonds. The maximum Gasteiger partial charge on any atom is 0.223 e. The first-order valence-electron chi connectivity index (χ1n) is 3.45. The van der Waals surface area contributed by atoms with Crippen molar-refractivity contribution in [3.05, 3.63) is 11.1 Å². The number of hydrogen-bond donors (Lipinski definition) is 1. The van der Waals surface area contributed by atoms with E-state index in [1.54, 1.807) is 5.38 Å². The summed E-state index contributed by atoms with van der Waals surface area (Å²) in [5, 5.41) is 4.83. The van der Waals surface area contributed by atoms with E-state index in [2.05, 4.69) is 26.2 Å². The summed E-state index contributed by atoms with van der Waals surface area (Å²) in [5.74, 6) is -0.278. The van der Waals surface area contributed by atoms with Gasteiger partial charge in [-0.25, -0.2) is 4.98 Å². The Kier molecular flexibility index (Phi) is 3.56. The van der Waals surface area contributed by atoms with E-state index in [9.17, 15) is 9.59 Å². The smallest absolute Gasteiger partial charge is 0.223 e. The van der Waals surface area contributed by atoms with Crippen LogP contribution in [0.2, 0.25) is 0 Å². The van der Waals surface area contributed by atoms with Crippen molar-refractivity contribution in [2.24, 2.45) is 0 Å². The number of ketones is 1. The van der Waals surface area contributed by atoms with Crippen molar-refractivity contribution in [1.82, 2.24) is 4.98 Å². The van der Waals surface area contributed by atoms with Crippen molar-refractivity contribution in [3.8, 4) is 0 Å². The molecule has 0 atom stereocenters. The molecule has 0 spiro atoms. The molecule has 70 valence electrons. The first-order chi connectivity index (χ1) is 6.13. The maximum absolute atomic E-state index is 11.1. The van der Waals surface area contributed by atoms with Gasteiger partial charge in [-0.05, 0) is 0 Å². The largest absolute Gasteiger partial charge is 0.302 e. The van der Waals surface area contributed by atoms with Crippen LogP contribution in [0.1, 0.15) is 17.4 Å². The fraction of sp³-hybridized carbons (Fsp3) is 0.286. The Balaban J connectivity index is 2.74. The highest BCUT2D eigenvalue weighted by Gasteiger charge is 2.09. The molecule has 6 heteroatoms. The van der Waals surface area contributed by atoms with Gasteiger partial charge in [-0.3, -0.25) is 9.59 Å². The highest BCUT2D eigenvalue weighted by atomic mass is 79.9. The predicted octanol–water partition coefficient (Wildman–Crippen LogP) is 1.68. The van der Waals surface area contributed by atoms with Crippen LogP contribution in [0.25, 0.3) is 0 Å². The molecule has 0 saturated heterocycles. The Morgan fingerprint density at radius 2 is 2.38 bits per heavy atom. The van der Waals surface area contributed by atoms with Crippen LogP contribution >= 0.6 is 27.3 Å². The fourth-order valence-corrected chi connectivity index (χ4v) is 1.73. The molecule has 0 bridgehead atoms. The number of carbonyl (C=O) groups is 2. The Bertz CT molecular complexity index is 337. The van der Waals surface area contributed by atoms with Gasteiger partial charge in [0.2, 0.25) is 5.91 Å². The van der Waals surface area contributed by atoms with Crippen molar-refractivity contribution in [2.75, 3.05) is 10.6 Å². The third-order valence-electron chi connectivity index (χ3n) is 1.19. The molecule has 0 aliphatic carbocycles. The minimum atomic E-state index is -0.188. The first kappa shape index (κ1) is 10.3. The minimum Gasteiger partial charge on any atom is -0.302 e. The molecular weight excluding hydrogens is 256 g/mol. The summed E-state index contributed by atoms with van der Waals surface area (Å²) >= 11 is 4.28. The Morgan fingerprint density at radius 3 is 2.92 bits per heavy atom. The molecule has 1 N–H and O–H groups in total. The maximum atomic E-state index is 11.1. The van der Waals surface area contributed by atoms with E-state index in [0.717, 1.165) is 0 Å². The van der Waals surface area contributed by atoms with Crippen LogP contribution in [0, 0.1) is 0 Å². The summed E-state index contributed by atoms with van der Waals surface area (Å²) in [6, 6.07) is 0. The number of carbonyl (C=O) groups excluding carboxylic acids is 2. The number of rotatable bonds is 3. The lowest BCUT2D eigenvalue weighted by atomic mass is 10.4. The number of aromatic nitrogens is 1. The Hall–Kier alpha value is -0.750. The second kappa shape index (κ2) is 4.48. The lowest BCUT2D eigenvalue weighted by molar-refractivity contribution is -0.114. The number of anilines is 1. The number of alkyl halides is 1. The van der Waals surface area contributed by atoms with Crippen molar-refractivity contribution < 1.29 is 9.59 Å². The van der Waals surface area contributed by atoms with Crippen LogP contribution in [0.15, 0.2) is 5.38 Å². The number of amides is 1. The topological polar surface area (TPSA) is 59.1 Å². The molecule has 0 fully saturated rings. The number of halogens is 1. The third-order valence-corrected chi connectivity index (χ3v) is 2.46. The van der Waals surface area contributed by atoms with E-state index >= 15 is 0 Å². The van der Waals surface area contributed by atoms with Crippen LogP contribution in [-0.2, 0) is 4.79 Å². The molecule has 0 saturated carbocycles. The van der Waals surface area contributed by atoms with Gasteiger partial charge in [0.05, 0.1) is 5.33 Å². The van der Waals surface area contributed by atoms with E-state index in [0.29, 0.717) is 10.8 Å². The van der Waals surface area contributed by atoms with Crippen LogP contribution in [-0.4, -0.2) is 22.0 Å². The summed E-state index contributed by atoms with van der Waals surface area (Å²) in [5.41, 5.74) is 0.380. The second-order valence-corrected chi connectivity index (χ2v) is 3.69. The monoisotopic (exact) mass is 262 g/mol. The molecule has 0 aromatic carbocycles. The highest BCUT2D eigenvalue weighted by Crippen LogP contribution is 2.15. The number of nitrogens with one attached hydrogen (secondary N) is 1. The molecule has 1 aromatic rings. The molecule has 1 aromatic heterocycles. The summed E-state index contributed by atoms with van der Waals surface area (Å²) < 4.78 is 0. The summed E-state index contributed by atoms with van der Waals surface area (Å²) in [6.07, 6.45) is 0. The number of nitrogens with zero attached hydrogens (tertiary/aromatic N) is 1. The van der Waals surface area contributed by atoms with Gasteiger partial charge in [-0.2, -0.15) is 0 Å². The SMILES string of the molecule is CC(=O)Nc1nc(C(=O)CBr)cs1. The predicted molar refractivity (Wildman–Crippen MR) is 54.5 cm³/mol. The summed E-state index contributed by atoms with van der Waals surface area (Å²) in [7, 11) is 0. The highest BCUT2D eigenvalue weighted by molar-refractivity contribution is 9.09. The number of hydrogen-bond acceptors (Lipinski definition) is 4. The van der Waals surface area contributed by atoms with Crippen LogP contribution in [0.3, 0.4) is 0 Å². The Morgan fingerprint density at radius 1 is 1.69 bits per heavy atom. The van der Waals surface area contributed by atoms with Crippen molar-refractivity contribution in [3.63, 3.8) is 0 Å². The normalized spacial score (nSPS) is 9.69. The molecule has 0 aliphatic rings. The van der Waals surface area contributed by atoms with Gasteiger partial charge in [-0.1, -0.05) is 15.9 Å². The van der Waals surface area contributed by atoms with E-state index in [1.165, 1.54) is 18.3 Å². The quantitative estimate of drug-likeness (QED) is 0.666. The summed E-state index contributed by atoms with van der Waals surface area (Å²) in [4.78, 5) is 25.6. The lowest BCUT2D eigenvalue weighted by Crippen LogP contribution is -2.06. The van der Waals surface area contributed by atoms with Gasteiger partial charge >= 0.3 is 0 Å². The van der Waals surface area contributed by atoms with E-state index in [-0.39, 0.29) is 17.0 Å². The zero-order valence-electron chi connectivity index (χ0n) is 6.83. The lowest BCUT2D eigenvalue weighted by Gasteiger charge is -1.92. The fourth-order valence-electron chi connectivity index (χ4n) is 0.678. The molecule has 4 nitrogen and oxygen atoms in total. The van der Waals surface area contributed by atoms with Gasteiger partial charge in [0, 0.05) is 12.3 Å². The second-order valence-electron chi connectivity index (χ2n) is 2.28. The summed E-state index contributed by atoms with van der Waals surface area (Å²) in [6.45, 7) is 1.40. The van der Waals surface area contributed by atoms with Gasteiger partial charge in [0.25, 0.3) is 0 Å². The van der Waals surface area contributed by atoms with Gasteiger partial charge < -0.3 is 5.32 Å². The van der Waals surface area contributed by atoms with Gasteiger partial charge in [0.15, 0.2) is 10.9 Å². The molecule has 13 heavy (non-hydrogen) atoms. The molecule has 0 radical (unpaired) electrons. The molecular formula is C7H7BrN2O2S. The average molecular weight is 263 g/mol. The molecule has 0 aliphatic heterocycles. The first-order valence-corrected chi connectivity index (χ1v) is 5.46. The van der Waals surface area contributed by atoms with E-state index < -0.39 is 0 Å². The van der Waals surface area contributed by atoms with E-state index in [4.69, 9.17) is 0 Å². The molecule has 1 rings (SSSR count). The molecule has 1 heterocycles. The van der Waals surface area contributed by atoms with Crippen LogP contribution in [0.5, 0.6) is 0 Å². The third kappa shape index (κ3) is 2.89. The standard InChI is InChI=1S/C7H7BrN2O2S/c1-4(11)9-7-10-5(3-13-7)6(12)2-8/h3H,2H2,1H3,(H,9,10,11). The van der Waals surface area contributed by atoms with Crippen molar-refractivity contribution >= 4 is 44.1 Å². The van der Waals surface area contributed by atoms with Crippen LogP contribution < -0.4 is 5.32 Å². The van der Waals surface area contributed by atoms with E-state index in [1.807, 2.05) is 0 Å². The van der Waals surface area contributed by atoms with Crippen molar-refractivity contribution in [2.45, 2.75) is 6.92 Å². The zero-order valence-corrected chi connectivity index (χ0v) is 9.24. The molecule has 0 unspecified atom stereocenters. The van der Waals surface area contributed by atoms with Gasteiger partial charge in [-0.15, -0.1) is 11.3 Å². The zero-order chi connectivity index (χ0) is 9.84. The average Bonchev–Trinajstić information content (AvgIpc) is 2.50. The number of Topliss-reactive ketones (excluding diaryl/α,β-unsaturated/α-hetero) is 1. The van der Waals surface area contributed by atoms with Crippen molar-refractivity contribution in [1.29, 1.82) is 0 Å².